The van der Waals surface area contributed by atoms with Crippen molar-refractivity contribution in [3.8, 4) is 5.75 Å². The van der Waals surface area contributed by atoms with E-state index in [4.69, 9.17) is 24.6 Å². The van der Waals surface area contributed by atoms with Gasteiger partial charge in [0.1, 0.15) is 17.6 Å². The van der Waals surface area contributed by atoms with E-state index in [1.807, 2.05) is 24.3 Å². The van der Waals surface area contributed by atoms with Gasteiger partial charge < -0.3 is 25.0 Å². The number of nitrogens with two attached hydrogens (primary N) is 1. The number of hydrogen-bond acceptors (Lipinski definition) is 8. The van der Waals surface area contributed by atoms with Crippen LogP contribution in [-0.4, -0.2) is 47.0 Å². The maximum atomic E-state index is 11.8. The van der Waals surface area contributed by atoms with Crippen molar-refractivity contribution in [2.75, 3.05) is 19.8 Å². The van der Waals surface area contributed by atoms with Crippen molar-refractivity contribution in [3.63, 3.8) is 0 Å². The van der Waals surface area contributed by atoms with Crippen molar-refractivity contribution in [2.24, 2.45) is 5.73 Å². The molecule has 214 valence electrons. The number of carbonyl (C=O) groups is 1. The number of para-hydroxylation sites is 1. The lowest BCUT2D eigenvalue weighted by atomic mass is 10.1. The van der Waals surface area contributed by atoms with Crippen LogP contribution in [0.1, 0.15) is 81.7 Å². The number of phosphoric ester groups is 1. The van der Waals surface area contributed by atoms with Crippen LogP contribution in [0, 0.1) is 0 Å². The largest absolute Gasteiger partial charge is 0.493 e. The molecule has 2 atom stereocenters. The summed E-state index contributed by atoms with van der Waals surface area (Å²) in [6, 6.07) is 8.36. The first-order valence-corrected chi connectivity index (χ1v) is 15.1. The standard InChI is InChI=1S/C27H43N2O8P/c1-2-3-4-5-6-7-8-9-12-18-34-26-14-11-10-13-22(26)15-16-24-20-23(29-37-24)17-19-35-38(32,33)36-21-25(28)27(30)31/h10-11,13-14,20,25H,2-9,12,15-19,21,28H2,1H3,(H,30,31)(H,32,33)/t25-/m0/s1. The Labute approximate surface area is 225 Å². The number of rotatable bonds is 22. The van der Waals surface area contributed by atoms with Crippen LogP contribution in [0.25, 0.3) is 0 Å². The predicted molar refractivity (Wildman–Crippen MR) is 144 cm³/mol. The number of phosphoric acid groups is 1. The summed E-state index contributed by atoms with van der Waals surface area (Å²) in [5.74, 6) is 0.235. The van der Waals surface area contributed by atoms with Crippen LogP contribution >= 0.6 is 7.82 Å². The Morgan fingerprint density at radius 1 is 1.00 bits per heavy atom. The van der Waals surface area contributed by atoms with Gasteiger partial charge in [-0.05, 0) is 24.5 Å². The fourth-order valence-electron chi connectivity index (χ4n) is 3.84. The van der Waals surface area contributed by atoms with Crippen LogP contribution in [0.2, 0.25) is 0 Å². The quantitative estimate of drug-likeness (QED) is 0.126. The Hall–Kier alpha value is -2.23. The van der Waals surface area contributed by atoms with E-state index in [0.717, 1.165) is 24.2 Å². The summed E-state index contributed by atoms with van der Waals surface area (Å²) in [6.07, 6.45) is 13.1. The summed E-state index contributed by atoms with van der Waals surface area (Å²) in [6.45, 7) is 2.16. The second kappa shape index (κ2) is 18.1. The predicted octanol–water partition coefficient (Wildman–Crippen LogP) is 5.46. The number of hydrogen-bond donors (Lipinski definition) is 3. The number of benzene rings is 1. The Morgan fingerprint density at radius 3 is 2.39 bits per heavy atom. The van der Waals surface area contributed by atoms with Gasteiger partial charge in [-0.3, -0.25) is 13.8 Å². The second-order valence-corrected chi connectivity index (χ2v) is 10.8. The Balaban J connectivity index is 1.66. The number of carboxylic acid groups (broad SMARTS) is 1. The third-order valence-corrected chi connectivity index (χ3v) is 7.06. The van der Waals surface area contributed by atoms with Crippen molar-refractivity contribution in [2.45, 2.75) is 90.0 Å². The number of unbranched alkanes of at least 4 members (excludes halogenated alkanes) is 8. The summed E-state index contributed by atoms with van der Waals surface area (Å²) < 4.78 is 32.7. The molecule has 0 radical (unpaired) electrons. The number of nitrogens with zero attached hydrogens (tertiary/aromatic N) is 1. The van der Waals surface area contributed by atoms with Gasteiger partial charge in [0.05, 0.1) is 25.5 Å². The number of ether oxygens (including phenoxy) is 1. The van der Waals surface area contributed by atoms with Gasteiger partial charge in [-0.25, -0.2) is 4.57 Å². The topological polar surface area (TPSA) is 154 Å². The summed E-state index contributed by atoms with van der Waals surface area (Å²) >= 11 is 0. The minimum absolute atomic E-state index is 0.155. The van der Waals surface area contributed by atoms with E-state index in [1.54, 1.807) is 6.07 Å². The smallest absolute Gasteiger partial charge is 0.472 e. The zero-order chi connectivity index (χ0) is 27.6. The molecule has 2 aromatic rings. The van der Waals surface area contributed by atoms with Crippen LogP contribution in [-0.2, 0) is 37.7 Å². The lowest BCUT2D eigenvalue weighted by molar-refractivity contribution is -0.139. The number of aromatic nitrogens is 1. The SMILES string of the molecule is CCCCCCCCCCCOc1ccccc1CCc1cc(CCOP(=O)(O)OC[C@H](N)C(=O)O)no1. The molecule has 4 N–H and O–H groups in total. The Bertz CT molecular complexity index is 983. The number of aryl methyl sites for hydroxylation is 2. The molecule has 0 saturated heterocycles. The van der Waals surface area contributed by atoms with Gasteiger partial charge in [-0.1, -0.05) is 81.6 Å². The molecule has 1 aromatic carbocycles. The minimum Gasteiger partial charge on any atom is -0.493 e. The zero-order valence-corrected chi connectivity index (χ0v) is 23.3. The normalized spacial score (nSPS) is 13.8. The molecule has 0 aliphatic carbocycles. The number of aliphatic carboxylic acids is 1. The number of carboxylic acids is 1. The maximum Gasteiger partial charge on any atom is 0.472 e. The average molecular weight is 555 g/mol. The summed E-state index contributed by atoms with van der Waals surface area (Å²) in [4.78, 5) is 20.3. The lowest BCUT2D eigenvalue weighted by Gasteiger charge is -2.13. The van der Waals surface area contributed by atoms with E-state index in [0.29, 0.717) is 24.5 Å². The van der Waals surface area contributed by atoms with Crippen molar-refractivity contribution in [3.05, 3.63) is 47.3 Å². The third-order valence-electron chi connectivity index (χ3n) is 6.07. The van der Waals surface area contributed by atoms with Gasteiger partial charge in [0.2, 0.25) is 0 Å². The molecular weight excluding hydrogens is 511 g/mol. The van der Waals surface area contributed by atoms with Crippen LogP contribution in [0.3, 0.4) is 0 Å². The molecule has 10 nitrogen and oxygen atoms in total. The highest BCUT2D eigenvalue weighted by Gasteiger charge is 2.24. The van der Waals surface area contributed by atoms with Crippen molar-refractivity contribution >= 4 is 13.8 Å². The molecule has 11 heteroatoms. The fraction of sp³-hybridized carbons (Fsp3) is 0.630. The van der Waals surface area contributed by atoms with Crippen LogP contribution in [0.5, 0.6) is 5.75 Å². The van der Waals surface area contributed by atoms with Gasteiger partial charge in [-0.15, -0.1) is 0 Å². The van der Waals surface area contributed by atoms with Crippen LogP contribution < -0.4 is 10.5 Å². The minimum atomic E-state index is -4.41. The van der Waals surface area contributed by atoms with E-state index in [1.165, 1.54) is 51.4 Å². The van der Waals surface area contributed by atoms with Gasteiger partial charge >= 0.3 is 13.8 Å². The monoisotopic (exact) mass is 554 g/mol. The van der Waals surface area contributed by atoms with Gasteiger partial charge in [0, 0.05) is 18.9 Å². The molecule has 1 aromatic heterocycles. The first kappa shape index (κ1) is 32.0. The molecule has 1 unspecified atom stereocenters. The Morgan fingerprint density at radius 2 is 1.68 bits per heavy atom. The maximum absolute atomic E-state index is 11.8. The van der Waals surface area contributed by atoms with Crippen molar-refractivity contribution < 1.29 is 37.7 Å². The molecule has 0 bridgehead atoms. The molecule has 38 heavy (non-hydrogen) atoms. The fourth-order valence-corrected chi connectivity index (χ4v) is 4.59. The van der Waals surface area contributed by atoms with E-state index >= 15 is 0 Å². The Kier molecular flexibility index (Phi) is 15.3. The van der Waals surface area contributed by atoms with Crippen LogP contribution in [0.15, 0.2) is 34.9 Å². The molecule has 2 rings (SSSR count). The molecule has 0 aliphatic heterocycles. The second-order valence-electron chi connectivity index (χ2n) is 9.36. The first-order chi connectivity index (χ1) is 18.3. The summed E-state index contributed by atoms with van der Waals surface area (Å²) in [5.41, 5.74) is 6.91. The average Bonchev–Trinajstić information content (AvgIpc) is 3.35. The van der Waals surface area contributed by atoms with Gasteiger partial charge in [-0.2, -0.15) is 0 Å². The van der Waals surface area contributed by atoms with Crippen molar-refractivity contribution in [1.29, 1.82) is 0 Å². The summed E-state index contributed by atoms with van der Waals surface area (Å²) in [7, 11) is -4.41. The van der Waals surface area contributed by atoms with E-state index < -0.39 is 26.4 Å². The summed E-state index contributed by atoms with van der Waals surface area (Å²) in [5, 5.41) is 12.7. The highest BCUT2D eigenvalue weighted by molar-refractivity contribution is 7.47. The third kappa shape index (κ3) is 13.5. The highest BCUT2D eigenvalue weighted by atomic mass is 31.2. The molecule has 0 saturated carbocycles. The molecule has 1 heterocycles. The molecule has 0 aliphatic rings. The van der Waals surface area contributed by atoms with E-state index in [-0.39, 0.29) is 13.0 Å². The first-order valence-electron chi connectivity index (χ1n) is 13.6. The van der Waals surface area contributed by atoms with Gasteiger partial charge in [0.25, 0.3) is 0 Å². The molecule has 0 fully saturated rings. The van der Waals surface area contributed by atoms with E-state index in [2.05, 4.69) is 16.6 Å². The van der Waals surface area contributed by atoms with Gasteiger partial charge in [0.15, 0.2) is 0 Å². The zero-order valence-electron chi connectivity index (χ0n) is 22.4. The molecular formula is C27H43N2O8P. The van der Waals surface area contributed by atoms with E-state index in [9.17, 15) is 14.3 Å². The highest BCUT2D eigenvalue weighted by Crippen LogP contribution is 2.43. The molecule has 0 spiro atoms. The molecule has 0 amide bonds. The van der Waals surface area contributed by atoms with Crippen molar-refractivity contribution in [1.82, 2.24) is 5.16 Å². The van der Waals surface area contributed by atoms with Crippen LogP contribution in [0.4, 0.5) is 0 Å². The lowest BCUT2D eigenvalue weighted by Crippen LogP contribution is -2.34.